The Morgan fingerprint density at radius 1 is 1.00 bits per heavy atom. The lowest BCUT2D eigenvalue weighted by atomic mass is 10.2. The topological polar surface area (TPSA) is 59.1 Å². The van der Waals surface area contributed by atoms with Crippen molar-refractivity contribution in [3.63, 3.8) is 0 Å². The zero-order chi connectivity index (χ0) is 17.7. The zero-order valence-electron chi connectivity index (χ0n) is 15.0. The van der Waals surface area contributed by atoms with Crippen LogP contribution in [0, 0.1) is 6.92 Å². The summed E-state index contributed by atoms with van der Waals surface area (Å²) >= 11 is 0. The number of pyridine rings is 2. The predicted molar refractivity (Wildman–Crippen MR) is 102 cm³/mol. The molecule has 0 aliphatic rings. The molecule has 2 aromatic rings. The minimum atomic E-state index is 0.500. The average molecular weight is 340 g/mol. The Kier molecular flexibility index (Phi) is 8.66. The molecule has 0 aliphatic heterocycles. The number of aryl methyl sites for hydroxylation is 1. The summed E-state index contributed by atoms with van der Waals surface area (Å²) in [5.41, 5.74) is 3.30. The van der Waals surface area contributed by atoms with Crippen LogP contribution in [0.1, 0.15) is 29.8 Å². The third-order valence-corrected chi connectivity index (χ3v) is 3.87. The summed E-state index contributed by atoms with van der Waals surface area (Å²) in [5, 5.41) is 6.88. The van der Waals surface area contributed by atoms with E-state index in [0.717, 1.165) is 49.6 Å². The fourth-order valence-electron chi connectivity index (χ4n) is 2.45. The largest absolute Gasteiger partial charge is 0.488 e. The van der Waals surface area contributed by atoms with Gasteiger partial charge in [0.2, 0.25) is 0 Å². The Balaban J connectivity index is 1.56. The third kappa shape index (κ3) is 7.03. The maximum absolute atomic E-state index is 5.61. The van der Waals surface area contributed by atoms with Crippen LogP contribution in [-0.4, -0.2) is 29.7 Å². The SMILES string of the molecule is C=CCOc1cccnc1CNCCCCNCc1ncccc1C. The molecule has 0 atom stereocenters. The van der Waals surface area contributed by atoms with Crippen molar-refractivity contribution < 1.29 is 4.74 Å². The highest BCUT2D eigenvalue weighted by molar-refractivity contribution is 5.26. The van der Waals surface area contributed by atoms with Crippen LogP contribution in [0.4, 0.5) is 0 Å². The summed E-state index contributed by atoms with van der Waals surface area (Å²) in [6.45, 7) is 9.77. The van der Waals surface area contributed by atoms with Crippen LogP contribution in [-0.2, 0) is 13.1 Å². The fraction of sp³-hybridized carbons (Fsp3) is 0.400. The highest BCUT2D eigenvalue weighted by Gasteiger charge is 2.03. The van der Waals surface area contributed by atoms with Gasteiger partial charge in [0.15, 0.2) is 0 Å². The molecule has 0 fully saturated rings. The van der Waals surface area contributed by atoms with Crippen molar-refractivity contribution in [3.8, 4) is 5.75 Å². The quantitative estimate of drug-likeness (QED) is 0.459. The summed E-state index contributed by atoms with van der Waals surface area (Å²) in [5.74, 6) is 0.822. The van der Waals surface area contributed by atoms with E-state index < -0.39 is 0 Å². The van der Waals surface area contributed by atoms with Gasteiger partial charge in [-0.3, -0.25) is 9.97 Å². The number of aromatic nitrogens is 2. The van der Waals surface area contributed by atoms with Crippen molar-refractivity contribution in [3.05, 3.63) is 66.3 Å². The Hall–Kier alpha value is -2.24. The number of nitrogens with one attached hydrogen (secondary N) is 2. The third-order valence-electron chi connectivity index (χ3n) is 3.87. The molecule has 0 bridgehead atoms. The number of unbranched alkanes of at least 4 members (excludes halogenated alkanes) is 1. The molecule has 0 aromatic carbocycles. The second-order valence-electron chi connectivity index (χ2n) is 5.88. The van der Waals surface area contributed by atoms with Crippen LogP contribution >= 0.6 is 0 Å². The molecule has 5 heteroatoms. The van der Waals surface area contributed by atoms with E-state index in [4.69, 9.17) is 4.74 Å². The van der Waals surface area contributed by atoms with Gasteiger partial charge in [-0.05, 0) is 56.6 Å². The number of ether oxygens (including phenoxy) is 1. The number of hydrogen-bond acceptors (Lipinski definition) is 5. The fourth-order valence-corrected chi connectivity index (χ4v) is 2.45. The molecular formula is C20H28N4O. The zero-order valence-corrected chi connectivity index (χ0v) is 15.0. The van der Waals surface area contributed by atoms with Gasteiger partial charge < -0.3 is 15.4 Å². The molecule has 0 unspecified atom stereocenters. The molecule has 0 spiro atoms. The van der Waals surface area contributed by atoms with E-state index in [1.165, 1.54) is 5.56 Å². The highest BCUT2D eigenvalue weighted by atomic mass is 16.5. The van der Waals surface area contributed by atoms with E-state index >= 15 is 0 Å². The van der Waals surface area contributed by atoms with Gasteiger partial charge in [0, 0.05) is 25.5 Å². The molecule has 0 amide bonds. The van der Waals surface area contributed by atoms with Gasteiger partial charge in [0.05, 0.1) is 11.4 Å². The monoisotopic (exact) mass is 340 g/mol. The molecule has 0 aliphatic carbocycles. The summed E-state index contributed by atoms with van der Waals surface area (Å²) in [4.78, 5) is 8.77. The van der Waals surface area contributed by atoms with E-state index in [-0.39, 0.29) is 0 Å². The van der Waals surface area contributed by atoms with Gasteiger partial charge in [-0.25, -0.2) is 0 Å². The molecule has 25 heavy (non-hydrogen) atoms. The van der Waals surface area contributed by atoms with Crippen LogP contribution in [0.5, 0.6) is 5.75 Å². The van der Waals surface area contributed by atoms with E-state index in [9.17, 15) is 0 Å². The van der Waals surface area contributed by atoms with E-state index in [0.29, 0.717) is 13.2 Å². The van der Waals surface area contributed by atoms with Crippen LogP contribution in [0.3, 0.4) is 0 Å². The standard InChI is InChI=1S/C20H28N4O/c1-3-14-25-20-9-7-13-24-19(20)16-22-11-5-4-10-21-15-18-17(2)8-6-12-23-18/h3,6-9,12-13,21-22H,1,4-5,10-11,14-16H2,2H3. The molecule has 2 heterocycles. The minimum absolute atomic E-state index is 0.500. The lowest BCUT2D eigenvalue weighted by Gasteiger charge is -2.10. The molecule has 0 radical (unpaired) electrons. The second kappa shape index (κ2) is 11.3. The normalized spacial score (nSPS) is 10.6. The maximum Gasteiger partial charge on any atom is 0.142 e. The van der Waals surface area contributed by atoms with Crippen LogP contribution in [0.25, 0.3) is 0 Å². The average Bonchev–Trinajstić information content (AvgIpc) is 2.64. The molecule has 134 valence electrons. The Labute approximate surface area is 150 Å². The summed E-state index contributed by atoms with van der Waals surface area (Å²) in [6.07, 6.45) is 7.62. The minimum Gasteiger partial charge on any atom is -0.488 e. The molecule has 0 saturated carbocycles. The van der Waals surface area contributed by atoms with Crippen molar-refractivity contribution in [2.75, 3.05) is 19.7 Å². The lowest BCUT2D eigenvalue weighted by Crippen LogP contribution is -2.20. The smallest absolute Gasteiger partial charge is 0.142 e. The summed E-state index contributed by atoms with van der Waals surface area (Å²) < 4.78 is 5.61. The van der Waals surface area contributed by atoms with Gasteiger partial charge in [0.25, 0.3) is 0 Å². The lowest BCUT2D eigenvalue weighted by molar-refractivity contribution is 0.355. The Morgan fingerprint density at radius 3 is 2.32 bits per heavy atom. The van der Waals surface area contributed by atoms with Crippen LogP contribution in [0.15, 0.2) is 49.3 Å². The van der Waals surface area contributed by atoms with Crippen LogP contribution < -0.4 is 15.4 Å². The van der Waals surface area contributed by atoms with E-state index in [1.54, 1.807) is 12.3 Å². The Bertz CT molecular complexity index is 645. The van der Waals surface area contributed by atoms with Gasteiger partial charge >= 0.3 is 0 Å². The molecular weight excluding hydrogens is 312 g/mol. The first-order valence-corrected chi connectivity index (χ1v) is 8.80. The summed E-state index contributed by atoms with van der Waals surface area (Å²) in [7, 11) is 0. The predicted octanol–water partition coefficient (Wildman–Crippen LogP) is 3.01. The number of rotatable bonds is 12. The first-order valence-electron chi connectivity index (χ1n) is 8.80. The molecule has 5 nitrogen and oxygen atoms in total. The van der Waals surface area contributed by atoms with Crippen molar-refractivity contribution in [1.29, 1.82) is 0 Å². The van der Waals surface area contributed by atoms with Crippen molar-refractivity contribution in [1.82, 2.24) is 20.6 Å². The highest BCUT2D eigenvalue weighted by Crippen LogP contribution is 2.14. The van der Waals surface area contributed by atoms with Crippen molar-refractivity contribution in [2.45, 2.75) is 32.9 Å². The van der Waals surface area contributed by atoms with Gasteiger partial charge in [0.1, 0.15) is 12.4 Å². The first kappa shape index (κ1) is 19.1. The number of nitrogens with zero attached hydrogens (tertiary/aromatic N) is 2. The van der Waals surface area contributed by atoms with Crippen LogP contribution in [0.2, 0.25) is 0 Å². The van der Waals surface area contributed by atoms with Gasteiger partial charge in [-0.1, -0.05) is 18.7 Å². The van der Waals surface area contributed by atoms with E-state index in [2.05, 4.69) is 40.2 Å². The van der Waals surface area contributed by atoms with Crippen molar-refractivity contribution >= 4 is 0 Å². The molecule has 2 rings (SSSR count). The first-order chi connectivity index (χ1) is 12.3. The maximum atomic E-state index is 5.61. The Morgan fingerprint density at radius 2 is 1.64 bits per heavy atom. The second-order valence-corrected chi connectivity index (χ2v) is 5.88. The van der Waals surface area contributed by atoms with Gasteiger partial charge in [-0.2, -0.15) is 0 Å². The summed E-state index contributed by atoms with van der Waals surface area (Å²) in [6, 6.07) is 7.90. The molecule has 0 saturated heterocycles. The van der Waals surface area contributed by atoms with Gasteiger partial charge in [-0.15, -0.1) is 0 Å². The number of hydrogen-bond donors (Lipinski definition) is 2. The van der Waals surface area contributed by atoms with E-state index in [1.807, 2.05) is 24.4 Å². The van der Waals surface area contributed by atoms with Crippen molar-refractivity contribution in [2.24, 2.45) is 0 Å². The molecule has 2 N–H and O–H groups in total. The molecule has 2 aromatic heterocycles.